The molecule has 2 atom stereocenters. The van der Waals surface area contributed by atoms with E-state index >= 15 is 0 Å². The molecule has 0 saturated heterocycles. The van der Waals surface area contributed by atoms with Crippen molar-refractivity contribution in [3.63, 3.8) is 0 Å². The highest BCUT2D eigenvalue weighted by atomic mass is 16.5. The summed E-state index contributed by atoms with van der Waals surface area (Å²) in [6.07, 6.45) is 9.67. The quantitative estimate of drug-likeness (QED) is 0.717. The first-order chi connectivity index (χ1) is 12.5. The van der Waals surface area contributed by atoms with Gasteiger partial charge in [-0.3, -0.25) is 0 Å². The van der Waals surface area contributed by atoms with Gasteiger partial charge in [0.25, 0.3) is 0 Å². The van der Waals surface area contributed by atoms with Crippen LogP contribution in [0.2, 0.25) is 0 Å². The smallest absolute Gasteiger partial charge is 0.331 e. The predicted octanol–water partition coefficient (Wildman–Crippen LogP) is 4.79. The van der Waals surface area contributed by atoms with Gasteiger partial charge in [0.15, 0.2) is 0 Å². The van der Waals surface area contributed by atoms with Crippen molar-refractivity contribution in [2.75, 3.05) is 7.11 Å². The molecule has 1 aromatic rings. The summed E-state index contributed by atoms with van der Waals surface area (Å²) in [4.78, 5) is 11.6. The zero-order valence-corrected chi connectivity index (χ0v) is 15.5. The second kappa shape index (κ2) is 8.53. The highest BCUT2D eigenvalue weighted by Gasteiger charge is 2.37. The lowest BCUT2D eigenvalue weighted by Crippen LogP contribution is -2.32. The molecule has 1 aromatic carbocycles. The highest BCUT2D eigenvalue weighted by Crippen LogP contribution is 2.41. The molecule has 0 radical (unpaired) electrons. The minimum absolute atomic E-state index is 0.353. The van der Waals surface area contributed by atoms with Crippen LogP contribution in [0.25, 0.3) is 0 Å². The molecule has 2 rings (SSSR count). The molecule has 4 nitrogen and oxygen atoms in total. The van der Waals surface area contributed by atoms with E-state index in [0.717, 1.165) is 29.7 Å². The maximum Gasteiger partial charge on any atom is 0.331 e. The molecule has 4 heteroatoms. The second-order valence-electron chi connectivity index (χ2n) is 6.68. The first kappa shape index (κ1) is 19.5. The van der Waals surface area contributed by atoms with E-state index in [-0.39, 0.29) is 0 Å². The van der Waals surface area contributed by atoms with Crippen molar-refractivity contribution >= 4 is 5.97 Å². The van der Waals surface area contributed by atoms with Crippen LogP contribution >= 0.6 is 0 Å². The predicted molar refractivity (Wildman–Crippen MR) is 102 cm³/mol. The van der Waals surface area contributed by atoms with Gasteiger partial charge in [0.05, 0.1) is 19.1 Å². The fourth-order valence-corrected chi connectivity index (χ4v) is 3.26. The van der Waals surface area contributed by atoms with Crippen LogP contribution < -0.4 is 4.74 Å². The Kier molecular flexibility index (Phi) is 6.41. The van der Waals surface area contributed by atoms with Gasteiger partial charge in [0, 0.05) is 11.0 Å². The molecule has 2 unspecified atom stereocenters. The van der Waals surface area contributed by atoms with E-state index in [1.165, 1.54) is 0 Å². The molecule has 26 heavy (non-hydrogen) atoms. The van der Waals surface area contributed by atoms with Crippen molar-refractivity contribution in [3.05, 3.63) is 65.3 Å². The van der Waals surface area contributed by atoms with E-state index < -0.39 is 17.3 Å². The number of carbonyl (C=O) groups is 1. The van der Waals surface area contributed by atoms with Crippen LogP contribution in [0.15, 0.2) is 59.7 Å². The second-order valence-corrected chi connectivity index (χ2v) is 6.68. The number of ether oxygens (including phenoxy) is 1. The maximum atomic E-state index is 11.6. The first-order valence-corrected chi connectivity index (χ1v) is 8.83. The summed E-state index contributed by atoms with van der Waals surface area (Å²) in [5.74, 6) is -0.623. The van der Waals surface area contributed by atoms with Crippen molar-refractivity contribution in [1.29, 1.82) is 5.26 Å². The van der Waals surface area contributed by atoms with Crippen molar-refractivity contribution in [2.24, 2.45) is 5.92 Å². The molecule has 1 N–H and O–H groups in total. The van der Waals surface area contributed by atoms with Gasteiger partial charge in [-0.2, -0.15) is 5.26 Å². The van der Waals surface area contributed by atoms with Crippen molar-refractivity contribution in [2.45, 2.75) is 38.5 Å². The Labute approximate surface area is 155 Å². The van der Waals surface area contributed by atoms with E-state index in [4.69, 9.17) is 4.74 Å². The number of benzene rings is 1. The third kappa shape index (κ3) is 4.05. The number of nitrogens with zero attached hydrogens (tertiary/aromatic N) is 1. The van der Waals surface area contributed by atoms with Crippen LogP contribution in [0.1, 0.15) is 38.7 Å². The zero-order valence-electron chi connectivity index (χ0n) is 15.5. The minimum Gasteiger partial charge on any atom is -0.497 e. The van der Waals surface area contributed by atoms with Crippen molar-refractivity contribution in [3.8, 4) is 11.8 Å². The van der Waals surface area contributed by atoms with Crippen LogP contribution in [-0.2, 0) is 10.2 Å². The summed E-state index contributed by atoms with van der Waals surface area (Å²) in [6, 6.07) is 10.0. The molecule has 0 aliphatic heterocycles. The van der Waals surface area contributed by atoms with Gasteiger partial charge >= 0.3 is 5.97 Å². The Morgan fingerprint density at radius 2 is 2.08 bits per heavy atom. The molecule has 0 spiro atoms. The largest absolute Gasteiger partial charge is 0.497 e. The Morgan fingerprint density at radius 3 is 2.62 bits per heavy atom. The molecule has 0 aromatic heterocycles. The number of rotatable bonds is 7. The third-order valence-corrected chi connectivity index (χ3v) is 4.92. The highest BCUT2D eigenvalue weighted by molar-refractivity contribution is 5.87. The lowest BCUT2D eigenvalue weighted by atomic mass is 9.67. The van der Waals surface area contributed by atoms with Gasteiger partial charge in [-0.05, 0) is 42.2 Å². The molecule has 0 amide bonds. The van der Waals surface area contributed by atoms with Gasteiger partial charge in [0.1, 0.15) is 5.75 Å². The molecular formula is C22H25NO3. The number of allylic oxidation sites excluding steroid dienone is 5. The Balaban J connectivity index is 2.41. The van der Waals surface area contributed by atoms with Gasteiger partial charge in [0.2, 0.25) is 0 Å². The van der Waals surface area contributed by atoms with Crippen molar-refractivity contribution in [1.82, 2.24) is 0 Å². The summed E-state index contributed by atoms with van der Waals surface area (Å²) in [6.45, 7) is 4.04. The van der Waals surface area contributed by atoms with Crippen LogP contribution in [0.4, 0.5) is 0 Å². The number of carboxylic acid groups (broad SMARTS) is 1. The fraction of sp³-hybridized carbons (Fsp3) is 0.364. The van der Waals surface area contributed by atoms with Crippen molar-refractivity contribution < 1.29 is 14.6 Å². The van der Waals surface area contributed by atoms with Gasteiger partial charge in [-0.1, -0.05) is 50.6 Å². The maximum absolute atomic E-state index is 11.6. The van der Waals surface area contributed by atoms with Crippen LogP contribution in [0, 0.1) is 17.2 Å². The number of aliphatic carboxylic acids is 1. The standard InChI is InChI=1S/C22H25NO3/c1-4-5-7-17(21(24)25)14-16-8-6-13-22(2,20(16)15-23)18-9-11-19(26-3)12-10-18/h6,8-14,20H,4-5,7H2,1-3H3,(H,24,25). The lowest BCUT2D eigenvalue weighted by Gasteiger charge is -2.34. The number of hydrogen-bond acceptors (Lipinski definition) is 3. The Bertz CT molecular complexity index is 781. The topological polar surface area (TPSA) is 70.3 Å². The van der Waals surface area contributed by atoms with Crippen LogP contribution in [-0.4, -0.2) is 18.2 Å². The normalized spacial score (nSPS) is 22.5. The monoisotopic (exact) mass is 351 g/mol. The zero-order chi connectivity index (χ0) is 19.2. The number of methoxy groups -OCH3 is 1. The summed E-state index contributed by atoms with van der Waals surface area (Å²) in [5.41, 5.74) is 1.55. The molecule has 0 saturated carbocycles. The van der Waals surface area contributed by atoms with Gasteiger partial charge in [-0.25, -0.2) is 4.79 Å². The van der Waals surface area contributed by atoms with Gasteiger partial charge in [-0.15, -0.1) is 0 Å². The van der Waals surface area contributed by atoms with E-state index in [1.807, 2.05) is 56.3 Å². The van der Waals surface area contributed by atoms with E-state index in [9.17, 15) is 15.2 Å². The average Bonchev–Trinajstić information content (AvgIpc) is 2.65. The molecule has 1 aliphatic rings. The SMILES string of the molecule is CCCCC(=CC1=CC=CC(C)(c2ccc(OC)cc2)C1C#N)C(=O)O. The lowest BCUT2D eigenvalue weighted by molar-refractivity contribution is -0.132. The van der Waals surface area contributed by atoms with Crippen LogP contribution in [0.5, 0.6) is 5.75 Å². The molecule has 136 valence electrons. The molecular weight excluding hydrogens is 326 g/mol. The summed E-state index contributed by atoms with van der Waals surface area (Å²) >= 11 is 0. The molecule has 0 bridgehead atoms. The fourth-order valence-electron chi connectivity index (χ4n) is 3.26. The molecule has 0 heterocycles. The number of hydrogen-bond donors (Lipinski definition) is 1. The van der Waals surface area contributed by atoms with E-state index in [1.54, 1.807) is 13.2 Å². The number of carboxylic acids is 1. The summed E-state index contributed by atoms with van der Waals surface area (Å²) in [7, 11) is 1.62. The minimum atomic E-state index is -0.920. The number of nitriles is 1. The van der Waals surface area contributed by atoms with Gasteiger partial charge < -0.3 is 9.84 Å². The number of unbranched alkanes of at least 4 members (excludes halogenated alkanes) is 1. The summed E-state index contributed by atoms with van der Waals surface area (Å²) in [5, 5.41) is 19.3. The Hall–Kier alpha value is -2.80. The Morgan fingerprint density at radius 1 is 1.38 bits per heavy atom. The average molecular weight is 351 g/mol. The first-order valence-electron chi connectivity index (χ1n) is 8.83. The molecule has 1 aliphatic carbocycles. The summed E-state index contributed by atoms with van der Waals surface area (Å²) < 4.78 is 5.21. The third-order valence-electron chi connectivity index (χ3n) is 4.92. The molecule has 0 fully saturated rings. The van der Waals surface area contributed by atoms with E-state index in [0.29, 0.717) is 12.0 Å². The van der Waals surface area contributed by atoms with E-state index in [2.05, 4.69) is 6.07 Å². The van der Waals surface area contributed by atoms with Crippen LogP contribution in [0.3, 0.4) is 0 Å².